The molecule has 0 radical (unpaired) electrons. The molecule has 1 N–H and O–H groups in total. The van der Waals surface area contributed by atoms with Crippen molar-refractivity contribution in [2.24, 2.45) is 0 Å². The van der Waals surface area contributed by atoms with E-state index in [0.29, 0.717) is 0 Å². The fourth-order valence-corrected chi connectivity index (χ4v) is 0.754. The maximum Gasteiger partial charge on any atom is 0.0756 e. The molecule has 0 heterocycles. The van der Waals surface area contributed by atoms with E-state index < -0.39 is 0 Å². The standard InChI is InChI=1S/C10H16O/c1-4-6-7-8-10(11)9(3)5-2/h5,10-11H,7-8H2,1-3H3/b9-5+. The van der Waals surface area contributed by atoms with Crippen molar-refractivity contribution in [2.75, 3.05) is 0 Å². The van der Waals surface area contributed by atoms with Gasteiger partial charge in [0.1, 0.15) is 0 Å². The van der Waals surface area contributed by atoms with Gasteiger partial charge in [-0.15, -0.1) is 11.8 Å². The summed E-state index contributed by atoms with van der Waals surface area (Å²) in [6, 6.07) is 0. The molecule has 1 nitrogen and oxygen atoms in total. The first-order valence-electron chi connectivity index (χ1n) is 3.92. The van der Waals surface area contributed by atoms with Crippen molar-refractivity contribution in [3.63, 3.8) is 0 Å². The summed E-state index contributed by atoms with van der Waals surface area (Å²) in [5.74, 6) is 5.72. The third kappa shape index (κ3) is 4.64. The number of aliphatic hydroxyl groups is 1. The van der Waals surface area contributed by atoms with Crippen molar-refractivity contribution in [3.05, 3.63) is 11.6 Å². The van der Waals surface area contributed by atoms with E-state index in [1.807, 2.05) is 26.8 Å². The number of hydrogen-bond donors (Lipinski definition) is 1. The molecule has 1 unspecified atom stereocenters. The van der Waals surface area contributed by atoms with Crippen LogP contribution in [0.5, 0.6) is 0 Å². The van der Waals surface area contributed by atoms with Crippen LogP contribution in [0.2, 0.25) is 0 Å². The monoisotopic (exact) mass is 152 g/mol. The van der Waals surface area contributed by atoms with Crippen LogP contribution in [0.4, 0.5) is 0 Å². The van der Waals surface area contributed by atoms with Gasteiger partial charge in [0.25, 0.3) is 0 Å². The predicted octanol–water partition coefficient (Wildman–Crippen LogP) is 2.12. The van der Waals surface area contributed by atoms with Crippen LogP contribution in [-0.4, -0.2) is 11.2 Å². The van der Waals surface area contributed by atoms with Gasteiger partial charge in [-0.05, 0) is 32.8 Å². The molecule has 0 rings (SSSR count). The summed E-state index contributed by atoms with van der Waals surface area (Å²) in [6.45, 7) is 5.68. The van der Waals surface area contributed by atoms with E-state index in [0.717, 1.165) is 18.4 Å². The molecule has 11 heavy (non-hydrogen) atoms. The van der Waals surface area contributed by atoms with Crippen LogP contribution in [0.15, 0.2) is 11.6 Å². The van der Waals surface area contributed by atoms with E-state index >= 15 is 0 Å². The zero-order valence-electron chi connectivity index (χ0n) is 7.52. The Labute approximate surface area is 69.1 Å². The Morgan fingerprint density at radius 3 is 2.73 bits per heavy atom. The number of allylic oxidation sites excluding steroid dienone is 1. The van der Waals surface area contributed by atoms with Crippen LogP contribution in [0.1, 0.15) is 33.6 Å². The molecule has 0 aromatic heterocycles. The highest BCUT2D eigenvalue weighted by atomic mass is 16.3. The molecule has 0 bridgehead atoms. The van der Waals surface area contributed by atoms with Gasteiger partial charge >= 0.3 is 0 Å². The minimum atomic E-state index is -0.305. The SMILES string of the molecule is CC#CCCC(O)/C(C)=C/C. The number of hydrogen-bond acceptors (Lipinski definition) is 1. The molecule has 0 aliphatic rings. The smallest absolute Gasteiger partial charge is 0.0756 e. The minimum Gasteiger partial charge on any atom is -0.389 e. The molecule has 0 aromatic carbocycles. The summed E-state index contributed by atoms with van der Waals surface area (Å²) in [4.78, 5) is 0. The van der Waals surface area contributed by atoms with Gasteiger partial charge in [0.15, 0.2) is 0 Å². The lowest BCUT2D eigenvalue weighted by molar-refractivity contribution is 0.202. The first kappa shape index (κ1) is 10.3. The van der Waals surface area contributed by atoms with E-state index in [-0.39, 0.29) is 6.10 Å². The molecular weight excluding hydrogens is 136 g/mol. The van der Waals surface area contributed by atoms with Crippen LogP contribution < -0.4 is 0 Å². The number of aliphatic hydroxyl groups excluding tert-OH is 1. The van der Waals surface area contributed by atoms with E-state index in [2.05, 4.69) is 11.8 Å². The molecule has 0 fully saturated rings. The van der Waals surface area contributed by atoms with E-state index in [1.165, 1.54) is 0 Å². The summed E-state index contributed by atoms with van der Waals surface area (Å²) in [5, 5.41) is 9.41. The van der Waals surface area contributed by atoms with E-state index in [9.17, 15) is 5.11 Å². The minimum absolute atomic E-state index is 0.305. The van der Waals surface area contributed by atoms with Gasteiger partial charge in [0.2, 0.25) is 0 Å². The maximum atomic E-state index is 9.41. The fourth-order valence-electron chi connectivity index (χ4n) is 0.754. The van der Waals surface area contributed by atoms with Crippen LogP contribution in [0, 0.1) is 11.8 Å². The highest BCUT2D eigenvalue weighted by Crippen LogP contribution is 2.06. The average Bonchev–Trinajstić information content (AvgIpc) is 2.03. The summed E-state index contributed by atoms with van der Waals surface area (Å²) < 4.78 is 0. The second-order valence-electron chi connectivity index (χ2n) is 2.51. The Hall–Kier alpha value is -0.740. The average molecular weight is 152 g/mol. The van der Waals surface area contributed by atoms with E-state index in [1.54, 1.807) is 0 Å². The molecule has 0 aliphatic heterocycles. The normalized spacial score (nSPS) is 13.6. The van der Waals surface area contributed by atoms with Gasteiger partial charge in [-0.2, -0.15) is 0 Å². The van der Waals surface area contributed by atoms with Crippen molar-refractivity contribution in [3.8, 4) is 11.8 Å². The molecule has 0 aromatic rings. The van der Waals surface area contributed by atoms with Crippen molar-refractivity contribution < 1.29 is 5.11 Å². The Balaban J connectivity index is 3.66. The largest absolute Gasteiger partial charge is 0.389 e. The second-order valence-corrected chi connectivity index (χ2v) is 2.51. The van der Waals surface area contributed by atoms with Crippen molar-refractivity contribution >= 4 is 0 Å². The van der Waals surface area contributed by atoms with Crippen LogP contribution in [0.3, 0.4) is 0 Å². The molecule has 1 atom stereocenters. The van der Waals surface area contributed by atoms with Crippen LogP contribution in [-0.2, 0) is 0 Å². The maximum absolute atomic E-state index is 9.41. The Morgan fingerprint density at radius 2 is 2.27 bits per heavy atom. The Kier molecular flexibility index (Phi) is 5.60. The quantitative estimate of drug-likeness (QED) is 0.485. The Morgan fingerprint density at radius 1 is 1.64 bits per heavy atom. The van der Waals surface area contributed by atoms with Gasteiger partial charge in [0.05, 0.1) is 6.10 Å². The highest BCUT2D eigenvalue weighted by molar-refractivity contribution is 5.04. The third-order valence-electron chi connectivity index (χ3n) is 1.70. The predicted molar refractivity (Wildman–Crippen MR) is 48.1 cm³/mol. The highest BCUT2D eigenvalue weighted by Gasteiger charge is 2.02. The molecule has 62 valence electrons. The lowest BCUT2D eigenvalue weighted by atomic mass is 10.1. The van der Waals surface area contributed by atoms with E-state index in [4.69, 9.17) is 0 Å². The molecule has 1 heteroatoms. The van der Waals surface area contributed by atoms with Crippen molar-refractivity contribution in [1.29, 1.82) is 0 Å². The van der Waals surface area contributed by atoms with Gasteiger partial charge < -0.3 is 5.11 Å². The fraction of sp³-hybridized carbons (Fsp3) is 0.600. The number of rotatable bonds is 3. The van der Waals surface area contributed by atoms with Crippen molar-refractivity contribution in [1.82, 2.24) is 0 Å². The Bertz CT molecular complexity index is 181. The third-order valence-corrected chi connectivity index (χ3v) is 1.70. The molecular formula is C10H16O. The van der Waals surface area contributed by atoms with Crippen LogP contribution in [0.25, 0.3) is 0 Å². The molecule has 0 saturated carbocycles. The lowest BCUT2D eigenvalue weighted by Crippen LogP contribution is -2.06. The van der Waals surface area contributed by atoms with Crippen molar-refractivity contribution in [2.45, 2.75) is 39.7 Å². The van der Waals surface area contributed by atoms with Gasteiger partial charge in [-0.3, -0.25) is 0 Å². The zero-order valence-corrected chi connectivity index (χ0v) is 7.52. The molecule has 0 aliphatic carbocycles. The molecule has 0 saturated heterocycles. The first-order valence-corrected chi connectivity index (χ1v) is 3.92. The second kappa shape index (κ2) is 6.00. The summed E-state index contributed by atoms with van der Waals surface area (Å²) in [7, 11) is 0. The molecule has 0 amide bonds. The lowest BCUT2D eigenvalue weighted by Gasteiger charge is -2.07. The summed E-state index contributed by atoms with van der Waals surface area (Å²) in [5.41, 5.74) is 1.03. The van der Waals surface area contributed by atoms with Crippen LogP contribution >= 0.6 is 0 Å². The zero-order chi connectivity index (χ0) is 8.69. The topological polar surface area (TPSA) is 20.2 Å². The summed E-state index contributed by atoms with van der Waals surface area (Å²) >= 11 is 0. The van der Waals surface area contributed by atoms with Gasteiger partial charge in [-0.25, -0.2) is 0 Å². The first-order chi connectivity index (χ1) is 5.22. The van der Waals surface area contributed by atoms with Gasteiger partial charge in [0, 0.05) is 6.42 Å². The molecule has 0 spiro atoms. The van der Waals surface area contributed by atoms with Gasteiger partial charge in [-0.1, -0.05) is 6.08 Å². The summed E-state index contributed by atoms with van der Waals surface area (Å²) in [6.07, 6.45) is 3.16.